The molecule has 20 heavy (non-hydrogen) atoms. The number of benzene rings is 1. The third-order valence-corrected chi connectivity index (χ3v) is 3.41. The molecule has 0 saturated carbocycles. The largest absolute Gasteiger partial charge is 0.508 e. The average molecular weight is 288 g/mol. The first-order chi connectivity index (χ1) is 8.22. The van der Waals surface area contributed by atoms with Crippen LogP contribution in [-0.2, 0) is 0 Å². The summed E-state index contributed by atoms with van der Waals surface area (Å²) in [4.78, 5) is 7.88. The van der Waals surface area contributed by atoms with Gasteiger partial charge in [-0.05, 0) is 24.3 Å². The molecule has 3 radical (unpaired) electrons. The molecule has 6 heteroatoms. The first kappa shape index (κ1) is 18.1. The van der Waals surface area contributed by atoms with Crippen molar-refractivity contribution in [3.05, 3.63) is 42.5 Å². The van der Waals surface area contributed by atoms with E-state index in [0.29, 0.717) is 10.6 Å². The highest BCUT2D eigenvalue weighted by atomic mass is 32.1. The number of aromatic nitrogens is 2. The molecule has 3 nitrogen and oxygen atoms in total. The molecule has 0 aliphatic rings. The van der Waals surface area contributed by atoms with Crippen molar-refractivity contribution in [2.45, 2.75) is 14.9 Å². The second kappa shape index (κ2) is 7.00. The van der Waals surface area contributed by atoms with E-state index in [1.54, 1.807) is 24.3 Å². The Morgan fingerprint density at radius 1 is 1.10 bits per heavy atom. The number of phenols is 1. The van der Waals surface area contributed by atoms with Gasteiger partial charge < -0.3 is 5.11 Å². The number of phenolic OH excluding ortho intramolecular Hbond substituents is 1. The minimum Gasteiger partial charge on any atom is -0.508 e. The van der Waals surface area contributed by atoms with Crippen LogP contribution in [0, 0.1) is 5.95 Å². The van der Waals surface area contributed by atoms with Gasteiger partial charge in [0, 0.05) is 26.2 Å². The van der Waals surface area contributed by atoms with Crippen LogP contribution in [0.2, 0.25) is 0 Å². The van der Waals surface area contributed by atoms with Gasteiger partial charge in [-0.15, -0.1) is 11.3 Å². The SMILES string of the molecule is C.C.Oc1ccc2nc(-c3ccnc([18F])c3)sc2c1.[B]. The lowest BCUT2D eigenvalue weighted by Gasteiger charge is -1.93. The summed E-state index contributed by atoms with van der Waals surface area (Å²) in [5.41, 5.74) is 1.48. The number of hydrogen-bond acceptors (Lipinski definition) is 4. The summed E-state index contributed by atoms with van der Waals surface area (Å²) in [5, 5.41) is 10.1. The number of nitrogens with zero attached hydrogens (tertiary/aromatic N) is 2. The van der Waals surface area contributed by atoms with Gasteiger partial charge in [0.05, 0.1) is 10.2 Å². The predicted octanol–water partition coefficient (Wildman–Crippen LogP) is 4.09. The number of thiazole rings is 1. The molecule has 0 bridgehead atoms. The topological polar surface area (TPSA) is 46.0 Å². The van der Waals surface area contributed by atoms with E-state index in [4.69, 9.17) is 0 Å². The van der Waals surface area contributed by atoms with Crippen LogP contribution in [0.25, 0.3) is 20.8 Å². The van der Waals surface area contributed by atoms with Crippen LogP contribution in [0.15, 0.2) is 36.5 Å². The van der Waals surface area contributed by atoms with Crippen molar-refractivity contribution in [1.82, 2.24) is 9.97 Å². The number of fused-ring (bicyclic) bond motifs is 1. The maximum Gasteiger partial charge on any atom is 0.213 e. The van der Waals surface area contributed by atoms with E-state index in [1.165, 1.54) is 23.6 Å². The molecule has 0 unspecified atom stereocenters. The molecule has 0 aliphatic heterocycles. The van der Waals surface area contributed by atoms with Crippen LogP contribution in [0.4, 0.5) is 4.39 Å². The molecule has 3 aromatic rings. The van der Waals surface area contributed by atoms with Crippen LogP contribution < -0.4 is 0 Å². The minimum atomic E-state index is -0.524. The van der Waals surface area contributed by atoms with Crippen LogP contribution >= 0.6 is 11.3 Å². The molecule has 1 aromatic carbocycles. The molecule has 3 rings (SSSR count). The second-order valence-corrected chi connectivity index (χ2v) is 4.57. The molecule has 0 amide bonds. The Balaban J connectivity index is 0.00000120. The van der Waals surface area contributed by atoms with Gasteiger partial charge in [0.15, 0.2) is 0 Å². The van der Waals surface area contributed by atoms with Gasteiger partial charge in [0.25, 0.3) is 0 Å². The molecular weight excluding hydrogens is 273 g/mol. The normalized spacial score (nSPS) is 9.25. The molecule has 0 atom stereocenters. The Bertz CT molecular complexity index is 702. The first-order valence-electron chi connectivity index (χ1n) is 4.94. The second-order valence-electron chi connectivity index (χ2n) is 3.54. The van der Waals surface area contributed by atoms with Crippen molar-refractivity contribution >= 4 is 30.0 Å². The Labute approximate surface area is 123 Å². The van der Waals surface area contributed by atoms with Crippen LogP contribution in [0.3, 0.4) is 0 Å². The van der Waals surface area contributed by atoms with Gasteiger partial charge in [0.1, 0.15) is 10.8 Å². The van der Waals surface area contributed by atoms with Crippen LogP contribution in [0.5, 0.6) is 5.75 Å². The van der Waals surface area contributed by atoms with Crippen LogP contribution in [0.1, 0.15) is 14.9 Å². The summed E-state index contributed by atoms with van der Waals surface area (Å²) in [6, 6.07) is 8.02. The van der Waals surface area contributed by atoms with Crippen LogP contribution in [-0.4, -0.2) is 23.5 Å². The molecule has 0 spiro atoms. The van der Waals surface area contributed by atoms with E-state index in [0.717, 1.165) is 10.2 Å². The third-order valence-electron chi connectivity index (χ3n) is 2.35. The lowest BCUT2D eigenvalue weighted by molar-refractivity contribution is 0.476. The van der Waals surface area contributed by atoms with E-state index in [-0.39, 0.29) is 29.0 Å². The van der Waals surface area contributed by atoms with Crippen molar-refractivity contribution < 1.29 is 9.50 Å². The highest BCUT2D eigenvalue weighted by molar-refractivity contribution is 7.21. The average Bonchev–Trinajstić information content (AvgIpc) is 2.72. The summed E-state index contributed by atoms with van der Waals surface area (Å²) >= 11 is 1.41. The Hall–Kier alpha value is -1.95. The fourth-order valence-electron chi connectivity index (χ4n) is 1.57. The van der Waals surface area contributed by atoms with E-state index in [9.17, 15) is 9.50 Å². The van der Waals surface area contributed by atoms with E-state index in [1.807, 2.05) is 0 Å². The summed E-state index contributed by atoms with van der Waals surface area (Å²) in [6.45, 7) is 0. The first-order valence-corrected chi connectivity index (χ1v) is 5.75. The quantitative estimate of drug-likeness (QED) is 0.541. The zero-order valence-corrected chi connectivity index (χ0v) is 9.99. The number of halogens is 1. The Morgan fingerprint density at radius 3 is 2.55 bits per heavy atom. The van der Waals surface area contributed by atoms with E-state index < -0.39 is 5.95 Å². The van der Waals surface area contributed by atoms with Gasteiger partial charge in [-0.2, -0.15) is 4.39 Å². The van der Waals surface area contributed by atoms with Crippen molar-refractivity contribution in [3.8, 4) is 16.3 Å². The van der Waals surface area contributed by atoms with Crippen molar-refractivity contribution in [2.75, 3.05) is 0 Å². The molecule has 2 heterocycles. The maximum absolute atomic E-state index is 13.0. The lowest BCUT2D eigenvalue weighted by atomic mass is 10.3. The van der Waals surface area contributed by atoms with Gasteiger partial charge in [0.2, 0.25) is 5.95 Å². The monoisotopic (exact) mass is 288 g/mol. The standard InChI is InChI=1S/C12H7FN2OS.2CH4.B/c13-11-5-7(3-4-14-11)12-15-9-2-1-8(16)6-10(9)17-12;;;/h1-6,16H;2*1H4;/i13-1;;;. The minimum absolute atomic E-state index is 0. The molecular formula is C14H15BFN2OS. The summed E-state index contributed by atoms with van der Waals surface area (Å²) < 4.78 is 13.9. The number of aromatic hydroxyl groups is 1. The third kappa shape index (κ3) is 3.33. The van der Waals surface area contributed by atoms with Gasteiger partial charge in [-0.25, -0.2) is 9.97 Å². The van der Waals surface area contributed by atoms with E-state index in [2.05, 4.69) is 9.97 Å². The van der Waals surface area contributed by atoms with Crippen molar-refractivity contribution in [1.29, 1.82) is 0 Å². The molecule has 0 aliphatic carbocycles. The predicted molar refractivity (Wildman–Crippen MR) is 83.7 cm³/mol. The Morgan fingerprint density at radius 2 is 1.85 bits per heavy atom. The smallest absolute Gasteiger partial charge is 0.213 e. The summed E-state index contributed by atoms with van der Waals surface area (Å²) in [6.07, 6.45) is 1.41. The zero-order chi connectivity index (χ0) is 11.8. The Kier molecular flexibility index (Phi) is 6.32. The zero-order valence-electron chi connectivity index (χ0n) is 9.17. The molecule has 103 valence electrons. The van der Waals surface area contributed by atoms with Crippen molar-refractivity contribution in [2.24, 2.45) is 0 Å². The maximum atomic E-state index is 13.0. The van der Waals surface area contributed by atoms with Gasteiger partial charge in [-0.3, -0.25) is 0 Å². The summed E-state index contributed by atoms with van der Waals surface area (Å²) in [7, 11) is 0. The lowest BCUT2D eigenvalue weighted by Crippen LogP contribution is -1.82. The van der Waals surface area contributed by atoms with Crippen molar-refractivity contribution in [3.63, 3.8) is 0 Å². The highest BCUT2D eigenvalue weighted by Crippen LogP contribution is 2.31. The molecule has 2 aromatic heterocycles. The van der Waals surface area contributed by atoms with E-state index >= 15 is 0 Å². The number of hydrogen-bond donors (Lipinski definition) is 1. The fraction of sp³-hybridized carbons (Fsp3) is 0.143. The molecule has 1 N–H and O–H groups in total. The fourth-order valence-corrected chi connectivity index (χ4v) is 2.57. The van der Waals surface area contributed by atoms with Gasteiger partial charge in [-0.1, -0.05) is 14.9 Å². The molecule has 0 fully saturated rings. The highest BCUT2D eigenvalue weighted by Gasteiger charge is 2.07. The van der Waals surface area contributed by atoms with Gasteiger partial charge >= 0.3 is 0 Å². The number of pyridine rings is 1. The summed E-state index contributed by atoms with van der Waals surface area (Å²) in [5.74, 6) is -0.321. The number of rotatable bonds is 1. The molecule has 0 saturated heterocycles.